The molecular weight excluding hydrogens is 604 g/mol. The van der Waals surface area contributed by atoms with Crippen LogP contribution in [0.2, 0.25) is 0 Å². The van der Waals surface area contributed by atoms with Crippen molar-refractivity contribution >= 4 is 11.8 Å². The number of ketones is 1. The van der Waals surface area contributed by atoms with Crippen LogP contribution >= 0.6 is 0 Å². The fourth-order valence-corrected chi connectivity index (χ4v) is 9.03. The molecule has 10 nitrogen and oxygen atoms in total. The lowest BCUT2D eigenvalue weighted by atomic mass is 9.53. The molecule has 250 valence electrons. The van der Waals surface area contributed by atoms with E-state index in [-0.39, 0.29) is 5.57 Å². The van der Waals surface area contributed by atoms with E-state index < -0.39 is 88.9 Å². The van der Waals surface area contributed by atoms with Gasteiger partial charge >= 0.3 is 11.9 Å². The molecule has 6 aliphatic rings. The first kappa shape index (κ1) is 32.3. The lowest BCUT2D eigenvalue weighted by Gasteiger charge is -2.61. The summed E-state index contributed by atoms with van der Waals surface area (Å²) in [6.07, 6.45) is 9.87. The summed E-state index contributed by atoms with van der Waals surface area (Å²) in [5.74, 6) is -5.89. The van der Waals surface area contributed by atoms with Crippen LogP contribution in [0.3, 0.4) is 0 Å². The van der Waals surface area contributed by atoms with Crippen LogP contribution in [0, 0.1) is 17.8 Å². The number of Topliss-reactive ketones (excluding diaryl/α,β-unsaturated/α-hetero) is 1. The molecule has 12 atom stereocenters. The van der Waals surface area contributed by atoms with Gasteiger partial charge in [0.2, 0.25) is 0 Å². The lowest BCUT2D eigenvalue weighted by Crippen LogP contribution is -2.76. The van der Waals surface area contributed by atoms with Gasteiger partial charge in [0.05, 0.1) is 17.8 Å². The first-order valence-electron chi connectivity index (χ1n) is 16.3. The molecule has 47 heavy (non-hydrogen) atoms. The zero-order valence-electron chi connectivity index (χ0n) is 27.0. The average Bonchev–Trinajstić information content (AvgIpc) is 3.69. The van der Waals surface area contributed by atoms with Crippen molar-refractivity contribution in [1.82, 2.24) is 0 Å². The Bertz CT molecular complexity index is 1610. The van der Waals surface area contributed by atoms with E-state index in [9.17, 15) is 24.9 Å². The fraction of sp³-hybridized carbons (Fsp3) is 0.514. The molecule has 0 aromatic heterocycles. The molecular formula is C37H42O10. The summed E-state index contributed by atoms with van der Waals surface area (Å²) in [6.45, 7) is 10.9. The second kappa shape index (κ2) is 10.9. The number of ether oxygens (including phenoxy) is 5. The summed E-state index contributed by atoms with van der Waals surface area (Å²) in [5.41, 5.74) is -6.08. The second-order valence-electron chi connectivity index (χ2n) is 13.8. The summed E-state index contributed by atoms with van der Waals surface area (Å²) < 4.78 is 33.1. The van der Waals surface area contributed by atoms with Gasteiger partial charge in [0.1, 0.15) is 30.0 Å². The highest BCUT2D eigenvalue weighted by atomic mass is 16.9. The van der Waals surface area contributed by atoms with Gasteiger partial charge in [0.15, 0.2) is 17.0 Å². The van der Waals surface area contributed by atoms with Crippen molar-refractivity contribution in [2.24, 2.45) is 17.8 Å². The van der Waals surface area contributed by atoms with Crippen LogP contribution in [-0.2, 0) is 28.5 Å². The molecule has 3 saturated heterocycles. The Morgan fingerprint density at radius 2 is 1.81 bits per heavy atom. The van der Waals surface area contributed by atoms with Crippen molar-refractivity contribution in [3.8, 4) is 0 Å². The summed E-state index contributed by atoms with van der Waals surface area (Å²) >= 11 is 0. The van der Waals surface area contributed by atoms with Crippen molar-refractivity contribution in [3.05, 3.63) is 96.2 Å². The molecule has 2 saturated carbocycles. The number of hydrogen-bond acceptors (Lipinski definition) is 10. The molecule has 3 N–H and O–H groups in total. The number of fused-ring (bicyclic) bond motifs is 3. The minimum Gasteiger partial charge on any atom is -0.455 e. The second-order valence-corrected chi connectivity index (χ2v) is 13.8. The van der Waals surface area contributed by atoms with Gasteiger partial charge in [-0.15, -0.1) is 0 Å². The number of allylic oxidation sites excluding steroid dienone is 5. The van der Waals surface area contributed by atoms with Crippen LogP contribution < -0.4 is 0 Å². The van der Waals surface area contributed by atoms with Gasteiger partial charge in [-0.3, -0.25) is 4.79 Å². The summed E-state index contributed by atoms with van der Waals surface area (Å²) in [4.78, 5) is 27.6. The normalized spacial score (nSPS) is 46.0. The molecule has 10 heteroatoms. The molecule has 3 bridgehead atoms. The molecule has 1 aromatic rings. The highest BCUT2D eigenvalue weighted by Gasteiger charge is 2.90. The Morgan fingerprint density at radius 1 is 1.09 bits per heavy atom. The summed E-state index contributed by atoms with van der Waals surface area (Å²) in [6, 6.07) is 8.55. The maximum absolute atomic E-state index is 13.8. The number of hydrogen-bond donors (Lipinski definition) is 3. The van der Waals surface area contributed by atoms with E-state index in [0.717, 1.165) is 12.8 Å². The van der Waals surface area contributed by atoms with Crippen molar-refractivity contribution in [3.63, 3.8) is 0 Å². The van der Waals surface area contributed by atoms with Crippen LogP contribution in [0.5, 0.6) is 0 Å². The summed E-state index contributed by atoms with van der Waals surface area (Å²) in [7, 11) is 0. The van der Waals surface area contributed by atoms with Crippen molar-refractivity contribution < 1.29 is 48.6 Å². The molecule has 7 rings (SSSR count). The number of rotatable bonds is 9. The fourth-order valence-electron chi connectivity index (χ4n) is 9.03. The van der Waals surface area contributed by atoms with Crippen LogP contribution in [-0.4, -0.2) is 86.5 Å². The number of unbranched alkanes of at least 4 members (excludes halogenated alkanes) is 1. The number of carbonyl (C=O) groups excluding carboxylic acids is 2. The molecule has 0 spiro atoms. The molecule has 3 heterocycles. The summed E-state index contributed by atoms with van der Waals surface area (Å²) in [5, 5.41) is 34.9. The third-order valence-electron chi connectivity index (χ3n) is 11.2. The van der Waals surface area contributed by atoms with Crippen LogP contribution in [0.4, 0.5) is 0 Å². The predicted octanol–water partition coefficient (Wildman–Crippen LogP) is 3.48. The zero-order chi connectivity index (χ0) is 33.6. The van der Waals surface area contributed by atoms with E-state index >= 15 is 0 Å². The van der Waals surface area contributed by atoms with Gasteiger partial charge in [-0.2, -0.15) is 0 Å². The minimum atomic E-state index is -2.42. The van der Waals surface area contributed by atoms with E-state index in [1.54, 1.807) is 68.5 Å². The number of benzene rings is 1. The van der Waals surface area contributed by atoms with Crippen molar-refractivity contribution in [2.45, 2.75) is 93.3 Å². The lowest BCUT2D eigenvalue weighted by molar-refractivity contribution is -0.407. The number of aliphatic hydroxyl groups is 3. The molecule has 0 unspecified atom stereocenters. The molecule has 1 aromatic carbocycles. The van der Waals surface area contributed by atoms with E-state index in [1.165, 1.54) is 0 Å². The quantitative estimate of drug-likeness (QED) is 0.158. The molecule has 5 fully saturated rings. The Hall–Kier alpha value is -3.22. The Balaban J connectivity index is 1.43. The van der Waals surface area contributed by atoms with E-state index in [1.807, 2.05) is 19.1 Å². The van der Waals surface area contributed by atoms with E-state index in [0.29, 0.717) is 11.1 Å². The standard InChI is InChI=1S/C37H42O10/c1-6-7-8-9-10-11-15-18-34-45-30-26-29-33(20-38,44-29)32(41)35(42)25(19-22(4)27(35)39)37(26,47-34)23(5)28(36(30,46-34)21(2)3)43-31(40)24-16-13-12-14-17-24/h8-19,23,25-26,28-30,32,38,41-42H,2,6-7,20H2,1,3-5H3/b9-8-,11-10+,18-15+/t23-,25-,26+,28-,29+,30-,32-,33+,34-,35-,36+,37+/m1/s1. The van der Waals surface area contributed by atoms with Gasteiger partial charge in [0.25, 0.3) is 0 Å². The third-order valence-corrected chi connectivity index (χ3v) is 11.2. The Kier molecular flexibility index (Phi) is 7.50. The zero-order valence-corrected chi connectivity index (χ0v) is 27.0. The smallest absolute Gasteiger partial charge is 0.338 e. The highest BCUT2D eigenvalue weighted by molar-refractivity contribution is 6.05. The van der Waals surface area contributed by atoms with Gasteiger partial charge in [0, 0.05) is 23.8 Å². The van der Waals surface area contributed by atoms with Crippen LogP contribution in [0.25, 0.3) is 0 Å². The molecule has 0 amide bonds. The minimum absolute atomic E-state index is 0.230. The predicted molar refractivity (Wildman–Crippen MR) is 169 cm³/mol. The van der Waals surface area contributed by atoms with Crippen LogP contribution in [0.1, 0.15) is 50.9 Å². The van der Waals surface area contributed by atoms with Crippen LogP contribution in [0.15, 0.2) is 90.6 Å². The maximum Gasteiger partial charge on any atom is 0.338 e. The number of carbonyl (C=O) groups is 2. The first-order chi connectivity index (χ1) is 22.4. The van der Waals surface area contributed by atoms with Crippen molar-refractivity contribution in [1.29, 1.82) is 0 Å². The van der Waals surface area contributed by atoms with Crippen molar-refractivity contribution in [2.75, 3.05) is 6.61 Å². The van der Waals surface area contributed by atoms with E-state index in [4.69, 9.17) is 23.7 Å². The average molecular weight is 647 g/mol. The van der Waals surface area contributed by atoms with Gasteiger partial charge in [-0.05, 0) is 43.5 Å². The van der Waals surface area contributed by atoms with Gasteiger partial charge in [-0.1, -0.05) is 81.5 Å². The third kappa shape index (κ3) is 4.10. The Labute approximate surface area is 274 Å². The molecule has 0 radical (unpaired) electrons. The SMILES string of the molecule is C=C(C)[C@@]12O[C@@]3(/C=C/C=C/C=C\CCC)O[C@@H]1[C@@H]1[C@@H]4O[C@]4(CO)[C@@H](O)[C@]4(O)C(=O)C(C)=C[C@H]4[C@@]1(O3)[C@H](C)[C@H]2OC(=O)c1ccccc1. The number of aliphatic hydroxyl groups excluding tert-OH is 2. The monoisotopic (exact) mass is 646 g/mol. The molecule has 3 aliphatic heterocycles. The number of esters is 1. The first-order valence-corrected chi connectivity index (χ1v) is 16.3. The highest BCUT2D eigenvalue weighted by Crippen LogP contribution is 2.73. The number of epoxide rings is 1. The largest absolute Gasteiger partial charge is 0.455 e. The van der Waals surface area contributed by atoms with Gasteiger partial charge in [-0.25, -0.2) is 4.79 Å². The Morgan fingerprint density at radius 3 is 2.49 bits per heavy atom. The topological polar surface area (TPSA) is 144 Å². The van der Waals surface area contributed by atoms with E-state index in [2.05, 4.69) is 19.6 Å². The van der Waals surface area contributed by atoms with Gasteiger partial charge < -0.3 is 39.0 Å². The maximum atomic E-state index is 13.8. The molecule has 3 aliphatic carbocycles.